The van der Waals surface area contributed by atoms with E-state index in [2.05, 4.69) is 15.6 Å². The third kappa shape index (κ3) is 4.42. The first-order valence-corrected chi connectivity index (χ1v) is 6.00. The van der Waals surface area contributed by atoms with Crippen molar-refractivity contribution in [2.75, 3.05) is 13.7 Å². The highest BCUT2D eigenvalue weighted by Crippen LogP contribution is 2.08. The van der Waals surface area contributed by atoms with Crippen LogP contribution in [0.15, 0.2) is 6.20 Å². The van der Waals surface area contributed by atoms with Gasteiger partial charge in [-0.3, -0.25) is 4.79 Å². The van der Waals surface area contributed by atoms with Crippen molar-refractivity contribution >= 4 is 5.91 Å². The van der Waals surface area contributed by atoms with Crippen LogP contribution in [0.5, 0.6) is 0 Å². The number of methoxy groups -OCH3 is 1. The molecule has 0 aliphatic heterocycles. The molecule has 0 bridgehead atoms. The molecule has 0 spiro atoms. The van der Waals surface area contributed by atoms with Crippen LogP contribution in [0, 0.1) is 0 Å². The number of carbonyl (C=O) groups is 1. The monoisotopic (exact) mass is 255 g/mol. The van der Waals surface area contributed by atoms with Gasteiger partial charge in [-0.05, 0) is 13.3 Å². The smallest absolute Gasteiger partial charge is 0.242 e. The summed E-state index contributed by atoms with van der Waals surface area (Å²) in [6.07, 6.45) is 2.49. The fourth-order valence-electron chi connectivity index (χ4n) is 1.53. The number of aromatic nitrogens is 3. The number of nitrogens with zero attached hydrogens (tertiary/aromatic N) is 3. The number of hydrogen-bond acceptors (Lipinski definition) is 5. The van der Waals surface area contributed by atoms with Gasteiger partial charge in [0, 0.05) is 13.2 Å². The van der Waals surface area contributed by atoms with Crippen LogP contribution < -0.4 is 11.1 Å². The lowest BCUT2D eigenvalue weighted by Gasteiger charge is -2.12. The van der Waals surface area contributed by atoms with Gasteiger partial charge in [0.25, 0.3) is 0 Å². The molecule has 0 fully saturated rings. The minimum Gasteiger partial charge on any atom is -0.383 e. The zero-order valence-electron chi connectivity index (χ0n) is 11.1. The van der Waals surface area contributed by atoms with E-state index in [9.17, 15) is 4.79 Å². The minimum absolute atomic E-state index is 0.0246. The van der Waals surface area contributed by atoms with Crippen LogP contribution in [0.3, 0.4) is 0 Å². The fourth-order valence-corrected chi connectivity index (χ4v) is 1.53. The summed E-state index contributed by atoms with van der Waals surface area (Å²) in [6.45, 7) is 4.47. The first-order valence-electron chi connectivity index (χ1n) is 6.00. The first-order chi connectivity index (χ1) is 8.56. The number of rotatable bonds is 7. The van der Waals surface area contributed by atoms with E-state index >= 15 is 0 Å². The Hall–Kier alpha value is -1.47. The lowest BCUT2D eigenvalue weighted by atomic mass is 10.2. The lowest BCUT2D eigenvalue weighted by molar-refractivity contribution is -0.122. The van der Waals surface area contributed by atoms with Gasteiger partial charge in [-0.25, -0.2) is 4.68 Å². The quantitative estimate of drug-likeness (QED) is 0.706. The summed E-state index contributed by atoms with van der Waals surface area (Å²) in [5.74, 6) is -0.124. The van der Waals surface area contributed by atoms with Gasteiger partial charge in [0.2, 0.25) is 5.91 Å². The molecule has 7 nitrogen and oxygen atoms in total. The van der Waals surface area contributed by atoms with Gasteiger partial charge in [0.1, 0.15) is 6.54 Å². The van der Waals surface area contributed by atoms with Crippen LogP contribution in [0.2, 0.25) is 0 Å². The van der Waals surface area contributed by atoms with Crippen LogP contribution in [0.4, 0.5) is 0 Å². The second kappa shape index (κ2) is 7.07. The Morgan fingerprint density at radius 3 is 3.00 bits per heavy atom. The minimum atomic E-state index is -0.130. The van der Waals surface area contributed by atoms with E-state index in [0.29, 0.717) is 12.3 Å². The molecule has 0 saturated heterocycles. The standard InChI is InChI=1S/C11H21N5O2/c1-4-9(12)10-5-16(15-14-10)6-11(17)13-8(2)7-18-3/h5,8-9H,4,6-7,12H2,1-3H3,(H,13,17). The van der Waals surface area contributed by atoms with E-state index in [1.54, 1.807) is 13.3 Å². The molecule has 1 aromatic heterocycles. The molecule has 102 valence electrons. The Morgan fingerprint density at radius 1 is 1.67 bits per heavy atom. The lowest BCUT2D eigenvalue weighted by Crippen LogP contribution is -2.37. The summed E-state index contributed by atoms with van der Waals surface area (Å²) < 4.78 is 6.42. The first kappa shape index (κ1) is 14.6. The predicted octanol–water partition coefficient (Wildman–Crippen LogP) is -0.161. The molecule has 3 N–H and O–H groups in total. The Balaban J connectivity index is 2.47. The van der Waals surface area contributed by atoms with E-state index in [4.69, 9.17) is 10.5 Å². The molecule has 18 heavy (non-hydrogen) atoms. The Labute approximate surface area is 107 Å². The molecule has 2 unspecified atom stereocenters. The van der Waals surface area contributed by atoms with Crippen molar-refractivity contribution in [2.45, 2.75) is 38.9 Å². The molecule has 0 saturated carbocycles. The molecule has 1 heterocycles. The number of nitrogens with two attached hydrogens (primary N) is 1. The molecule has 0 aromatic carbocycles. The third-order valence-electron chi connectivity index (χ3n) is 2.51. The Bertz CT molecular complexity index is 379. The molecule has 0 aliphatic carbocycles. The average molecular weight is 255 g/mol. The summed E-state index contributed by atoms with van der Waals surface area (Å²) in [5.41, 5.74) is 6.53. The average Bonchev–Trinajstić information content (AvgIpc) is 2.76. The molecule has 1 rings (SSSR count). The SMILES string of the molecule is CCC(N)c1cn(CC(=O)NC(C)COC)nn1. The molecular weight excluding hydrogens is 234 g/mol. The van der Waals surface area contributed by atoms with Gasteiger partial charge in [-0.1, -0.05) is 12.1 Å². The summed E-state index contributed by atoms with van der Waals surface area (Å²) >= 11 is 0. The highest BCUT2D eigenvalue weighted by molar-refractivity contribution is 5.75. The Kier molecular flexibility index (Phi) is 5.73. The van der Waals surface area contributed by atoms with E-state index in [1.807, 2.05) is 13.8 Å². The van der Waals surface area contributed by atoms with Gasteiger partial charge >= 0.3 is 0 Å². The van der Waals surface area contributed by atoms with Crippen LogP contribution in [-0.2, 0) is 16.1 Å². The van der Waals surface area contributed by atoms with Crippen molar-refractivity contribution in [1.82, 2.24) is 20.3 Å². The zero-order chi connectivity index (χ0) is 13.5. The van der Waals surface area contributed by atoms with E-state index in [0.717, 1.165) is 6.42 Å². The van der Waals surface area contributed by atoms with Gasteiger partial charge in [0.05, 0.1) is 24.5 Å². The van der Waals surface area contributed by atoms with Crippen molar-refractivity contribution in [3.8, 4) is 0 Å². The number of hydrogen-bond donors (Lipinski definition) is 2. The molecule has 7 heteroatoms. The second-order valence-corrected chi connectivity index (χ2v) is 4.28. The maximum atomic E-state index is 11.7. The zero-order valence-corrected chi connectivity index (χ0v) is 11.1. The number of nitrogens with one attached hydrogen (secondary N) is 1. The summed E-state index contributed by atoms with van der Waals surface area (Å²) in [6, 6.07) is -0.155. The van der Waals surface area contributed by atoms with E-state index < -0.39 is 0 Å². The van der Waals surface area contributed by atoms with Crippen LogP contribution in [0.1, 0.15) is 32.0 Å². The molecule has 1 aromatic rings. The van der Waals surface area contributed by atoms with E-state index in [1.165, 1.54) is 4.68 Å². The van der Waals surface area contributed by atoms with Gasteiger partial charge in [-0.2, -0.15) is 0 Å². The van der Waals surface area contributed by atoms with Crippen LogP contribution >= 0.6 is 0 Å². The maximum absolute atomic E-state index is 11.7. The van der Waals surface area contributed by atoms with Crippen molar-refractivity contribution in [3.05, 3.63) is 11.9 Å². The highest BCUT2D eigenvalue weighted by Gasteiger charge is 2.11. The van der Waals surface area contributed by atoms with Crippen molar-refractivity contribution in [1.29, 1.82) is 0 Å². The molecule has 2 atom stereocenters. The molecule has 0 radical (unpaired) electrons. The van der Waals surface area contributed by atoms with Gasteiger partial charge < -0.3 is 15.8 Å². The summed E-state index contributed by atoms with van der Waals surface area (Å²) in [5, 5.41) is 10.6. The van der Waals surface area contributed by atoms with Crippen LogP contribution in [0.25, 0.3) is 0 Å². The summed E-state index contributed by atoms with van der Waals surface area (Å²) in [7, 11) is 1.60. The normalized spacial score (nSPS) is 14.2. The Morgan fingerprint density at radius 2 is 2.39 bits per heavy atom. The second-order valence-electron chi connectivity index (χ2n) is 4.28. The maximum Gasteiger partial charge on any atom is 0.242 e. The highest BCUT2D eigenvalue weighted by atomic mass is 16.5. The predicted molar refractivity (Wildman–Crippen MR) is 66.7 cm³/mol. The molecule has 1 amide bonds. The third-order valence-corrected chi connectivity index (χ3v) is 2.51. The van der Waals surface area contributed by atoms with E-state index in [-0.39, 0.29) is 24.5 Å². The summed E-state index contributed by atoms with van der Waals surface area (Å²) in [4.78, 5) is 11.7. The number of amides is 1. The van der Waals surface area contributed by atoms with Gasteiger partial charge in [0.15, 0.2) is 0 Å². The molecule has 0 aliphatic rings. The topological polar surface area (TPSA) is 95.1 Å². The molecular formula is C11H21N5O2. The van der Waals surface area contributed by atoms with Crippen LogP contribution in [-0.4, -0.2) is 40.7 Å². The largest absolute Gasteiger partial charge is 0.383 e. The number of ether oxygens (including phenoxy) is 1. The fraction of sp³-hybridized carbons (Fsp3) is 0.727. The number of carbonyl (C=O) groups excluding carboxylic acids is 1. The van der Waals surface area contributed by atoms with Crippen molar-refractivity contribution in [3.63, 3.8) is 0 Å². The van der Waals surface area contributed by atoms with Gasteiger partial charge in [-0.15, -0.1) is 5.10 Å². The van der Waals surface area contributed by atoms with Crippen molar-refractivity contribution < 1.29 is 9.53 Å². The van der Waals surface area contributed by atoms with Crippen molar-refractivity contribution in [2.24, 2.45) is 5.73 Å².